The van der Waals surface area contributed by atoms with E-state index in [4.69, 9.17) is 5.73 Å². The molecule has 0 aromatic carbocycles. The fourth-order valence-corrected chi connectivity index (χ4v) is 2.07. The predicted molar refractivity (Wildman–Crippen MR) is 60.4 cm³/mol. The van der Waals surface area contributed by atoms with Crippen LogP contribution in [0.2, 0.25) is 0 Å². The van der Waals surface area contributed by atoms with Crippen LogP contribution >= 0.6 is 0 Å². The Hall–Kier alpha value is -0.768. The monoisotopic (exact) mass is 413 g/mol. The van der Waals surface area contributed by atoms with Crippen molar-refractivity contribution in [2.75, 3.05) is 18.1 Å². The molecule has 1 aliphatic rings. The van der Waals surface area contributed by atoms with Gasteiger partial charge in [0.2, 0.25) is 0 Å². The number of hydrazone groups is 1. The summed E-state index contributed by atoms with van der Waals surface area (Å²) in [5.41, 5.74) is 6.10. The van der Waals surface area contributed by atoms with Crippen LogP contribution in [0.4, 0.5) is 10.2 Å². The van der Waals surface area contributed by atoms with Crippen LogP contribution in [0, 0.1) is 5.82 Å². The molecule has 5 nitrogen and oxygen atoms in total. The van der Waals surface area contributed by atoms with E-state index in [1.54, 1.807) is 17.5 Å². The van der Waals surface area contributed by atoms with Crippen molar-refractivity contribution in [3.8, 4) is 0 Å². The van der Waals surface area contributed by atoms with Crippen molar-refractivity contribution in [3.63, 3.8) is 0 Å². The predicted octanol–water partition coefficient (Wildman–Crippen LogP) is -0.172. The van der Waals surface area contributed by atoms with Crippen LogP contribution in [0.15, 0.2) is 17.4 Å². The number of aromatic nitrogens is 1. The fourth-order valence-electron chi connectivity index (χ4n) is 1.39. The van der Waals surface area contributed by atoms with E-state index >= 15 is 0 Å². The van der Waals surface area contributed by atoms with Gasteiger partial charge in [-0.3, -0.25) is 0 Å². The minimum atomic E-state index is -0.371. The van der Waals surface area contributed by atoms with Gasteiger partial charge in [-0.05, 0) is 0 Å². The Labute approximate surface area is 109 Å². The van der Waals surface area contributed by atoms with Crippen LogP contribution in [0.3, 0.4) is 0 Å². The maximum absolute atomic E-state index is 13.7. The molecule has 0 bridgehead atoms. The number of rotatable bonds is 2. The van der Waals surface area contributed by atoms with Gasteiger partial charge in [0.15, 0.2) is 0 Å². The van der Waals surface area contributed by atoms with Gasteiger partial charge in [0.25, 0.3) is 0 Å². The quantitative estimate of drug-likeness (QED) is 0.686. The van der Waals surface area contributed by atoms with Crippen LogP contribution in [-0.4, -0.2) is 53.2 Å². The van der Waals surface area contributed by atoms with Crippen LogP contribution < -0.4 is 10.7 Å². The molecule has 0 radical (unpaired) electrons. The molecular weight excluding hydrogens is 402 g/mol. The van der Waals surface area contributed by atoms with Gasteiger partial charge in [-0.2, -0.15) is 0 Å². The number of nitrogens with zero attached hydrogens (tertiary/aromatic N) is 4. The van der Waals surface area contributed by atoms with Crippen molar-refractivity contribution < 1.29 is 4.39 Å². The normalized spacial score (nSPS) is 15.6. The number of anilines is 1. The molecule has 0 atom stereocenters. The van der Waals surface area contributed by atoms with Gasteiger partial charge in [0, 0.05) is 0 Å². The van der Waals surface area contributed by atoms with Crippen molar-refractivity contribution in [1.82, 2.24) is 7.69 Å². The van der Waals surface area contributed by atoms with E-state index in [1.807, 2.05) is 0 Å². The molecular formula is C9H11FN5Tl. The molecule has 0 amide bonds. The first-order chi connectivity index (χ1) is 7.70. The molecule has 0 spiro atoms. The second kappa shape index (κ2) is 5.04. The van der Waals surface area contributed by atoms with Crippen molar-refractivity contribution >= 4 is 38.2 Å². The first-order valence-electron chi connectivity index (χ1n) is 4.88. The van der Waals surface area contributed by atoms with Gasteiger partial charge in [0.1, 0.15) is 0 Å². The zero-order valence-electron chi connectivity index (χ0n) is 8.67. The van der Waals surface area contributed by atoms with Gasteiger partial charge < -0.3 is 0 Å². The summed E-state index contributed by atoms with van der Waals surface area (Å²) in [7, 11) is 0. The summed E-state index contributed by atoms with van der Waals surface area (Å²) in [5.74, 6) is -0.101. The Morgan fingerprint density at radius 1 is 1.50 bits per heavy atom. The molecule has 82 valence electrons. The van der Waals surface area contributed by atoms with Crippen molar-refractivity contribution in [1.29, 1.82) is 0 Å². The molecule has 2 rings (SSSR count). The molecule has 0 unspecified atom stereocenters. The molecule has 1 aliphatic heterocycles. The average Bonchev–Trinajstić information content (AvgIpc) is 2.30. The van der Waals surface area contributed by atoms with Crippen molar-refractivity contribution in [2.24, 2.45) is 10.8 Å². The first-order valence-corrected chi connectivity index (χ1v) is 6.89. The molecule has 16 heavy (non-hydrogen) atoms. The van der Waals surface area contributed by atoms with Crippen molar-refractivity contribution in [2.45, 2.75) is 6.54 Å². The maximum atomic E-state index is 13.7. The number of hydrogen-bond donors (Lipinski definition) is 1. The van der Waals surface area contributed by atoms with Crippen LogP contribution in [0.5, 0.6) is 0 Å². The van der Waals surface area contributed by atoms with E-state index < -0.39 is 0 Å². The zero-order valence-corrected chi connectivity index (χ0v) is 13.2. The number of halogens is 1. The van der Waals surface area contributed by atoms with Gasteiger partial charge in [-0.15, -0.1) is 0 Å². The van der Waals surface area contributed by atoms with Crippen LogP contribution in [0.1, 0.15) is 5.56 Å². The Morgan fingerprint density at radius 2 is 2.31 bits per heavy atom. The van der Waals surface area contributed by atoms with Gasteiger partial charge in [-0.1, -0.05) is 0 Å². The van der Waals surface area contributed by atoms with E-state index in [9.17, 15) is 4.39 Å². The SMILES string of the molecule is NCc1cnc(N2CC[N]([Tl])C=N2)c(F)c1. The van der Waals surface area contributed by atoms with Gasteiger partial charge in [0.05, 0.1) is 0 Å². The summed E-state index contributed by atoms with van der Waals surface area (Å²) < 4.78 is 15.8. The van der Waals surface area contributed by atoms with E-state index in [-0.39, 0.29) is 11.6 Å². The van der Waals surface area contributed by atoms with E-state index in [0.29, 0.717) is 18.7 Å². The minimum absolute atomic E-state index is 0.270. The van der Waals surface area contributed by atoms with E-state index in [0.717, 1.165) is 32.6 Å². The summed E-state index contributed by atoms with van der Waals surface area (Å²) in [5, 5.41) is 5.72. The fraction of sp³-hybridized carbons (Fsp3) is 0.333. The van der Waals surface area contributed by atoms with Crippen LogP contribution in [0.25, 0.3) is 0 Å². The summed E-state index contributed by atoms with van der Waals surface area (Å²) in [6.07, 6.45) is 3.31. The van der Waals surface area contributed by atoms with Crippen molar-refractivity contribution in [3.05, 3.63) is 23.6 Å². The van der Waals surface area contributed by atoms with Gasteiger partial charge >= 0.3 is 109 Å². The van der Waals surface area contributed by atoms with E-state index in [2.05, 4.69) is 12.8 Å². The molecule has 2 N–H and O–H groups in total. The third-order valence-corrected chi connectivity index (χ3v) is 3.79. The first kappa shape index (κ1) is 11.7. The number of nitrogens with two attached hydrogens (primary N) is 1. The molecule has 1 aromatic rings. The number of hydrogen-bond acceptors (Lipinski definition) is 5. The molecule has 0 fully saturated rings. The summed E-state index contributed by atoms with van der Waals surface area (Å²) in [6, 6.07) is 1.41. The Bertz CT molecular complexity index is 411. The second-order valence-corrected chi connectivity index (χ2v) is 6.02. The average molecular weight is 413 g/mol. The van der Waals surface area contributed by atoms with Gasteiger partial charge in [-0.25, -0.2) is 0 Å². The molecule has 1 aromatic heterocycles. The third kappa shape index (κ3) is 2.48. The Kier molecular flexibility index (Phi) is 3.69. The standard InChI is InChI=1S/C9H11FN5.Tl/c10-8-3-7(4-11)5-13-9(8)15-2-1-12-6-14-15;/h3,5-6H,1-2,4,11H2;/q-1;+1. The molecule has 0 saturated heterocycles. The van der Waals surface area contributed by atoms with Crippen LogP contribution in [-0.2, 0) is 6.54 Å². The molecule has 2 heterocycles. The summed E-state index contributed by atoms with van der Waals surface area (Å²) in [4.78, 5) is 4.05. The number of pyridine rings is 1. The summed E-state index contributed by atoms with van der Waals surface area (Å²) >= 11 is 0.730. The zero-order chi connectivity index (χ0) is 11.5. The molecule has 0 aliphatic carbocycles. The van der Waals surface area contributed by atoms with E-state index in [1.165, 1.54) is 6.07 Å². The molecule has 7 heteroatoms. The second-order valence-electron chi connectivity index (χ2n) is 3.45. The Balaban J connectivity index is 2.24. The third-order valence-electron chi connectivity index (χ3n) is 2.27. The topological polar surface area (TPSA) is 57.8 Å². The summed E-state index contributed by atoms with van der Waals surface area (Å²) in [6.45, 7) is 1.83. The Morgan fingerprint density at radius 3 is 2.88 bits per heavy atom. The molecule has 0 saturated carbocycles.